The van der Waals surface area contributed by atoms with Gasteiger partial charge in [0, 0.05) is 40.3 Å². The first-order valence-electron chi connectivity index (χ1n) is 14.1. The maximum absolute atomic E-state index is 2.37. The largest absolute Gasteiger partial charge is 0.345 e. The van der Waals surface area contributed by atoms with Crippen molar-refractivity contribution < 1.29 is 0 Å². The lowest BCUT2D eigenvalue weighted by molar-refractivity contribution is 0.639. The summed E-state index contributed by atoms with van der Waals surface area (Å²) >= 11 is 0. The molecule has 0 amide bonds. The van der Waals surface area contributed by atoms with Gasteiger partial charge in [-0.05, 0) is 96.3 Å². The number of benzene rings is 5. The Labute approximate surface area is 236 Å². The molecule has 2 nitrogen and oxygen atoms in total. The van der Waals surface area contributed by atoms with Gasteiger partial charge >= 0.3 is 0 Å². The van der Waals surface area contributed by atoms with Gasteiger partial charge in [-0.1, -0.05) is 80.1 Å². The molecule has 0 fully saturated rings. The molecule has 0 aliphatic heterocycles. The van der Waals surface area contributed by atoms with E-state index in [1.807, 2.05) is 0 Å². The van der Waals surface area contributed by atoms with Crippen molar-refractivity contribution in [2.45, 2.75) is 33.1 Å². The number of rotatable bonds is 4. The van der Waals surface area contributed by atoms with Crippen molar-refractivity contribution in [2.24, 2.45) is 0 Å². The summed E-state index contributed by atoms with van der Waals surface area (Å²) in [7, 11) is 2.16. The second kappa shape index (κ2) is 8.99. The van der Waals surface area contributed by atoms with Gasteiger partial charge in [-0.25, -0.2) is 0 Å². The molecule has 0 bridgehead atoms. The Morgan fingerprint density at radius 1 is 0.600 bits per heavy atom. The standard InChI is InChI=1S/C38H34N2/c1-25-26(2)38(3,4)35-24-31(20-21-32(25)35)39(5)29-18-15-27(16-19-29)28-17-22-37-34(23-28)33-13-9-10-14-36(33)40(37)30-11-7-6-8-12-30/h6-24H,1-5H3. The predicted molar refractivity (Wildman–Crippen MR) is 172 cm³/mol. The minimum Gasteiger partial charge on any atom is -0.345 e. The van der Waals surface area contributed by atoms with E-state index >= 15 is 0 Å². The summed E-state index contributed by atoms with van der Waals surface area (Å²) in [4.78, 5) is 2.29. The van der Waals surface area contributed by atoms with Crippen molar-refractivity contribution in [3.8, 4) is 16.8 Å². The highest BCUT2D eigenvalue weighted by Crippen LogP contribution is 2.47. The van der Waals surface area contributed by atoms with Crippen LogP contribution in [-0.4, -0.2) is 11.6 Å². The van der Waals surface area contributed by atoms with E-state index in [-0.39, 0.29) is 5.41 Å². The minimum atomic E-state index is 0.0718. The number of fused-ring (bicyclic) bond motifs is 4. The number of hydrogen-bond acceptors (Lipinski definition) is 1. The summed E-state index contributed by atoms with van der Waals surface area (Å²) in [5.74, 6) is 0. The third-order valence-corrected chi connectivity index (χ3v) is 9.24. The molecule has 6 aromatic rings. The van der Waals surface area contributed by atoms with Crippen LogP contribution in [0.5, 0.6) is 0 Å². The first-order chi connectivity index (χ1) is 19.3. The Bertz CT molecular complexity index is 1940. The number of allylic oxidation sites excluding steroid dienone is 2. The second-order valence-electron chi connectivity index (χ2n) is 11.6. The molecule has 0 unspecified atom stereocenters. The summed E-state index contributed by atoms with van der Waals surface area (Å²) in [5, 5.41) is 2.55. The summed E-state index contributed by atoms with van der Waals surface area (Å²) in [5.41, 5.74) is 14.3. The average molecular weight is 519 g/mol. The fourth-order valence-corrected chi connectivity index (χ4v) is 6.49. The van der Waals surface area contributed by atoms with Gasteiger partial charge in [0.2, 0.25) is 0 Å². The number of anilines is 2. The van der Waals surface area contributed by atoms with Crippen LogP contribution in [-0.2, 0) is 5.41 Å². The summed E-state index contributed by atoms with van der Waals surface area (Å²) in [6.45, 7) is 9.20. The number of hydrogen-bond donors (Lipinski definition) is 0. The molecule has 0 spiro atoms. The first kappa shape index (κ1) is 24.5. The molecule has 0 saturated carbocycles. The molecule has 1 heterocycles. The van der Waals surface area contributed by atoms with Gasteiger partial charge in [-0.3, -0.25) is 0 Å². The summed E-state index contributed by atoms with van der Waals surface area (Å²) in [6, 6.07) is 42.1. The topological polar surface area (TPSA) is 8.17 Å². The van der Waals surface area contributed by atoms with Gasteiger partial charge in [-0.2, -0.15) is 0 Å². The van der Waals surface area contributed by atoms with Gasteiger partial charge in [-0.15, -0.1) is 0 Å². The van der Waals surface area contributed by atoms with Crippen LogP contribution in [0.25, 0.3) is 44.2 Å². The highest BCUT2D eigenvalue weighted by Gasteiger charge is 2.33. The van der Waals surface area contributed by atoms with E-state index in [4.69, 9.17) is 0 Å². The molecular formula is C38H34N2. The third-order valence-electron chi connectivity index (χ3n) is 9.24. The zero-order valence-electron chi connectivity index (χ0n) is 23.9. The van der Waals surface area contributed by atoms with E-state index in [2.05, 4.69) is 159 Å². The molecule has 0 atom stereocenters. The summed E-state index contributed by atoms with van der Waals surface area (Å²) < 4.78 is 2.36. The lowest BCUT2D eigenvalue weighted by Gasteiger charge is -2.26. The molecular weight excluding hydrogens is 484 g/mol. The van der Waals surface area contributed by atoms with E-state index in [9.17, 15) is 0 Å². The number of para-hydroxylation sites is 2. The van der Waals surface area contributed by atoms with Gasteiger partial charge < -0.3 is 9.47 Å². The van der Waals surface area contributed by atoms with E-state index in [1.54, 1.807) is 0 Å². The van der Waals surface area contributed by atoms with Crippen LogP contribution >= 0.6 is 0 Å². The van der Waals surface area contributed by atoms with Crippen LogP contribution in [0.4, 0.5) is 11.4 Å². The lowest BCUT2D eigenvalue weighted by atomic mass is 9.82. The van der Waals surface area contributed by atoms with Crippen LogP contribution in [0, 0.1) is 0 Å². The molecule has 7 rings (SSSR count). The molecule has 196 valence electrons. The number of aromatic nitrogens is 1. The molecule has 0 radical (unpaired) electrons. The SMILES string of the molecule is CC1=C(C)C(C)(C)c2cc(N(C)c3ccc(-c4ccc5c(c4)c4ccccc4n5-c4ccccc4)cc3)ccc21. The number of nitrogens with zero attached hydrogens (tertiary/aromatic N) is 2. The molecule has 0 saturated heterocycles. The van der Waals surface area contributed by atoms with Crippen LogP contribution < -0.4 is 4.90 Å². The Morgan fingerprint density at radius 2 is 1.25 bits per heavy atom. The Morgan fingerprint density at radius 3 is 2.02 bits per heavy atom. The Hall–Kier alpha value is -4.56. The smallest absolute Gasteiger partial charge is 0.0541 e. The van der Waals surface area contributed by atoms with Gasteiger partial charge in [0.15, 0.2) is 0 Å². The Balaban J connectivity index is 1.24. The zero-order valence-corrected chi connectivity index (χ0v) is 23.9. The maximum atomic E-state index is 2.37. The third kappa shape index (κ3) is 3.63. The van der Waals surface area contributed by atoms with Crippen molar-refractivity contribution >= 4 is 38.8 Å². The monoisotopic (exact) mass is 518 g/mol. The molecule has 0 N–H and O–H groups in total. The van der Waals surface area contributed by atoms with Crippen molar-refractivity contribution in [3.63, 3.8) is 0 Å². The summed E-state index contributed by atoms with van der Waals surface area (Å²) in [6.07, 6.45) is 0. The van der Waals surface area contributed by atoms with Gasteiger partial charge in [0.05, 0.1) is 11.0 Å². The minimum absolute atomic E-state index is 0.0718. The molecule has 2 heteroatoms. The van der Waals surface area contributed by atoms with E-state index in [1.165, 1.54) is 72.3 Å². The van der Waals surface area contributed by atoms with Gasteiger partial charge in [0.1, 0.15) is 0 Å². The van der Waals surface area contributed by atoms with Crippen LogP contribution in [0.2, 0.25) is 0 Å². The van der Waals surface area contributed by atoms with Crippen LogP contribution in [0.15, 0.2) is 121 Å². The van der Waals surface area contributed by atoms with Crippen molar-refractivity contribution in [2.75, 3.05) is 11.9 Å². The van der Waals surface area contributed by atoms with E-state index in [0.717, 1.165) is 0 Å². The highest BCUT2D eigenvalue weighted by atomic mass is 15.1. The molecule has 5 aromatic carbocycles. The molecule has 1 aromatic heterocycles. The first-order valence-corrected chi connectivity index (χ1v) is 14.1. The van der Waals surface area contributed by atoms with E-state index < -0.39 is 0 Å². The Kier molecular flexibility index (Phi) is 5.50. The quantitative estimate of drug-likeness (QED) is 0.225. The zero-order chi connectivity index (χ0) is 27.6. The van der Waals surface area contributed by atoms with Crippen molar-refractivity contribution in [1.29, 1.82) is 0 Å². The van der Waals surface area contributed by atoms with Crippen molar-refractivity contribution in [1.82, 2.24) is 4.57 Å². The highest BCUT2D eigenvalue weighted by molar-refractivity contribution is 6.10. The van der Waals surface area contributed by atoms with Crippen molar-refractivity contribution in [3.05, 3.63) is 132 Å². The average Bonchev–Trinajstić information content (AvgIpc) is 3.41. The van der Waals surface area contributed by atoms with E-state index in [0.29, 0.717) is 0 Å². The molecule has 1 aliphatic rings. The fraction of sp³-hybridized carbons (Fsp3) is 0.158. The van der Waals surface area contributed by atoms with Gasteiger partial charge in [0.25, 0.3) is 0 Å². The lowest BCUT2D eigenvalue weighted by Crippen LogP contribution is -2.17. The predicted octanol–water partition coefficient (Wildman–Crippen LogP) is 10.3. The normalized spacial score (nSPS) is 14.2. The second-order valence-corrected chi connectivity index (χ2v) is 11.6. The fourth-order valence-electron chi connectivity index (χ4n) is 6.49. The van der Waals surface area contributed by atoms with Crippen LogP contribution in [0.1, 0.15) is 38.8 Å². The molecule has 40 heavy (non-hydrogen) atoms. The maximum Gasteiger partial charge on any atom is 0.0541 e. The van der Waals surface area contributed by atoms with Crippen LogP contribution in [0.3, 0.4) is 0 Å². The molecule has 1 aliphatic carbocycles.